The van der Waals surface area contributed by atoms with E-state index in [2.05, 4.69) is 11.1 Å². The molecule has 0 aliphatic heterocycles. The number of carbonyl (C=O) groups excluding carboxylic acids is 1. The number of carbonyl (C=O) groups is 1. The first-order chi connectivity index (χ1) is 10.2. The van der Waals surface area contributed by atoms with Crippen LogP contribution in [-0.4, -0.2) is 28.8 Å². The van der Waals surface area contributed by atoms with E-state index >= 15 is 0 Å². The first kappa shape index (κ1) is 15.6. The summed E-state index contributed by atoms with van der Waals surface area (Å²) in [5.41, 5.74) is 1.02. The fourth-order valence-corrected chi connectivity index (χ4v) is 2.89. The summed E-state index contributed by atoms with van der Waals surface area (Å²) in [7, 11) is 0. The molecule has 0 aliphatic rings. The minimum Gasteiger partial charge on any atom is -0.292 e. The van der Waals surface area contributed by atoms with Gasteiger partial charge in [-0.2, -0.15) is 5.26 Å². The van der Waals surface area contributed by atoms with Crippen molar-refractivity contribution in [1.29, 1.82) is 5.26 Å². The van der Waals surface area contributed by atoms with Crippen molar-refractivity contribution >= 4 is 28.7 Å². The van der Waals surface area contributed by atoms with Gasteiger partial charge < -0.3 is 0 Å². The van der Waals surface area contributed by atoms with Gasteiger partial charge in [-0.3, -0.25) is 14.7 Å². The molecule has 0 aromatic carbocycles. The van der Waals surface area contributed by atoms with Gasteiger partial charge in [0.15, 0.2) is 5.78 Å². The van der Waals surface area contributed by atoms with Crippen LogP contribution in [0.5, 0.6) is 0 Å². The Morgan fingerprint density at radius 1 is 1.43 bits per heavy atom. The number of thiophene rings is 1. The lowest BCUT2D eigenvalue weighted by molar-refractivity contribution is 0.0931. The molecule has 0 saturated carbocycles. The van der Waals surface area contributed by atoms with Crippen LogP contribution in [0, 0.1) is 11.3 Å². The monoisotopic (exact) mass is 319 g/mol. The van der Waals surface area contributed by atoms with Gasteiger partial charge in [-0.15, -0.1) is 11.3 Å². The van der Waals surface area contributed by atoms with Crippen molar-refractivity contribution in [3.05, 3.63) is 51.4 Å². The SMILES string of the molecule is N#CCCN(CC(=O)c1ccc(Cl)s1)Cc1cccnc1. The Labute approximate surface area is 132 Å². The fourth-order valence-electron chi connectivity index (χ4n) is 1.92. The maximum atomic E-state index is 12.2. The topological polar surface area (TPSA) is 57.0 Å². The zero-order valence-corrected chi connectivity index (χ0v) is 12.9. The summed E-state index contributed by atoms with van der Waals surface area (Å²) in [6.07, 6.45) is 3.87. The van der Waals surface area contributed by atoms with Crippen LogP contribution in [0.3, 0.4) is 0 Å². The molecule has 0 radical (unpaired) electrons. The Hall–Kier alpha value is -1.74. The number of aromatic nitrogens is 1. The normalized spacial score (nSPS) is 10.5. The molecule has 108 valence electrons. The zero-order valence-electron chi connectivity index (χ0n) is 11.3. The minimum absolute atomic E-state index is 0.0220. The molecule has 2 aromatic rings. The third-order valence-electron chi connectivity index (χ3n) is 2.88. The highest BCUT2D eigenvalue weighted by molar-refractivity contribution is 7.18. The van der Waals surface area contributed by atoms with Gasteiger partial charge in [0.05, 0.1) is 21.8 Å². The molecular weight excluding hydrogens is 306 g/mol. The van der Waals surface area contributed by atoms with Crippen LogP contribution in [0.4, 0.5) is 0 Å². The Morgan fingerprint density at radius 2 is 2.29 bits per heavy atom. The van der Waals surface area contributed by atoms with Gasteiger partial charge in [-0.05, 0) is 23.8 Å². The van der Waals surface area contributed by atoms with Gasteiger partial charge in [0, 0.05) is 31.9 Å². The second-order valence-corrected chi connectivity index (χ2v) is 6.22. The highest BCUT2D eigenvalue weighted by atomic mass is 35.5. The fraction of sp³-hybridized carbons (Fsp3) is 0.267. The average Bonchev–Trinajstić information content (AvgIpc) is 2.92. The molecule has 0 spiro atoms. The summed E-state index contributed by atoms with van der Waals surface area (Å²) in [6, 6.07) is 9.39. The average molecular weight is 320 g/mol. The number of hydrogen-bond donors (Lipinski definition) is 0. The third-order valence-corrected chi connectivity index (χ3v) is 4.16. The Morgan fingerprint density at radius 3 is 2.90 bits per heavy atom. The Bertz CT molecular complexity index is 636. The maximum absolute atomic E-state index is 12.2. The number of halogens is 1. The van der Waals surface area contributed by atoms with Gasteiger partial charge in [0.2, 0.25) is 0 Å². The Kier molecular flexibility index (Phi) is 5.88. The van der Waals surface area contributed by atoms with E-state index in [9.17, 15) is 4.79 Å². The molecule has 0 aliphatic carbocycles. The molecule has 0 unspecified atom stereocenters. The van der Waals surface area contributed by atoms with E-state index in [1.807, 2.05) is 17.0 Å². The third kappa shape index (κ3) is 4.94. The van der Waals surface area contributed by atoms with E-state index in [1.165, 1.54) is 11.3 Å². The summed E-state index contributed by atoms with van der Waals surface area (Å²) in [5.74, 6) is 0.0220. The molecule has 6 heteroatoms. The number of pyridine rings is 1. The molecule has 0 atom stereocenters. The van der Waals surface area contributed by atoms with Crippen molar-refractivity contribution in [2.45, 2.75) is 13.0 Å². The van der Waals surface area contributed by atoms with Crippen LogP contribution in [0.2, 0.25) is 4.34 Å². The molecular formula is C15H14ClN3OS. The van der Waals surface area contributed by atoms with Gasteiger partial charge in [0.25, 0.3) is 0 Å². The van der Waals surface area contributed by atoms with Gasteiger partial charge in [-0.1, -0.05) is 17.7 Å². The van der Waals surface area contributed by atoms with E-state index in [-0.39, 0.29) is 12.3 Å². The van der Waals surface area contributed by atoms with Crippen LogP contribution in [0.25, 0.3) is 0 Å². The summed E-state index contributed by atoms with van der Waals surface area (Å²) in [4.78, 5) is 18.9. The quantitative estimate of drug-likeness (QED) is 0.734. The van der Waals surface area contributed by atoms with E-state index in [1.54, 1.807) is 24.5 Å². The van der Waals surface area contributed by atoms with Crippen LogP contribution in [-0.2, 0) is 6.54 Å². The van der Waals surface area contributed by atoms with Crippen molar-refractivity contribution in [2.75, 3.05) is 13.1 Å². The summed E-state index contributed by atoms with van der Waals surface area (Å²) >= 11 is 7.14. The minimum atomic E-state index is 0.0220. The first-order valence-electron chi connectivity index (χ1n) is 6.46. The van der Waals surface area contributed by atoms with E-state index < -0.39 is 0 Å². The largest absolute Gasteiger partial charge is 0.292 e. The van der Waals surface area contributed by atoms with Gasteiger partial charge in [-0.25, -0.2) is 0 Å². The lowest BCUT2D eigenvalue weighted by atomic mass is 10.2. The first-order valence-corrected chi connectivity index (χ1v) is 7.65. The molecule has 21 heavy (non-hydrogen) atoms. The predicted octanol–water partition coefficient (Wildman–Crippen LogP) is 3.40. The number of rotatable bonds is 7. The molecule has 0 amide bonds. The molecule has 2 rings (SSSR count). The van der Waals surface area contributed by atoms with E-state index in [0.29, 0.717) is 28.7 Å². The van der Waals surface area contributed by atoms with Crippen LogP contribution in [0.15, 0.2) is 36.7 Å². The van der Waals surface area contributed by atoms with Crippen LogP contribution >= 0.6 is 22.9 Å². The molecule has 0 N–H and O–H groups in total. The molecule has 0 bridgehead atoms. The van der Waals surface area contributed by atoms with Crippen molar-refractivity contribution < 1.29 is 4.79 Å². The summed E-state index contributed by atoms with van der Waals surface area (Å²) < 4.78 is 0.606. The second kappa shape index (κ2) is 7.89. The summed E-state index contributed by atoms with van der Waals surface area (Å²) in [5, 5.41) is 8.75. The lowest BCUT2D eigenvalue weighted by Gasteiger charge is -2.19. The van der Waals surface area contributed by atoms with E-state index in [0.717, 1.165) is 5.56 Å². The summed E-state index contributed by atoms with van der Waals surface area (Å²) in [6.45, 7) is 1.42. The standard InChI is InChI=1S/C15H14ClN3OS/c16-15-5-4-14(21-15)13(20)11-19(8-2-6-17)10-12-3-1-7-18-9-12/h1,3-5,7,9H,2,8,10-11H2. The van der Waals surface area contributed by atoms with Crippen molar-refractivity contribution in [2.24, 2.45) is 0 Å². The second-order valence-electron chi connectivity index (χ2n) is 4.51. The molecule has 4 nitrogen and oxygen atoms in total. The van der Waals surface area contributed by atoms with Crippen molar-refractivity contribution in [3.8, 4) is 6.07 Å². The van der Waals surface area contributed by atoms with E-state index in [4.69, 9.17) is 16.9 Å². The number of ketones is 1. The van der Waals surface area contributed by atoms with Crippen LogP contribution in [0.1, 0.15) is 21.7 Å². The number of nitriles is 1. The van der Waals surface area contributed by atoms with Gasteiger partial charge >= 0.3 is 0 Å². The Balaban J connectivity index is 2.02. The predicted molar refractivity (Wildman–Crippen MR) is 83.4 cm³/mol. The van der Waals surface area contributed by atoms with Crippen LogP contribution < -0.4 is 0 Å². The highest BCUT2D eigenvalue weighted by Gasteiger charge is 2.14. The van der Waals surface area contributed by atoms with Gasteiger partial charge in [0.1, 0.15) is 0 Å². The molecule has 2 heterocycles. The number of hydrogen-bond acceptors (Lipinski definition) is 5. The lowest BCUT2D eigenvalue weighted by Crippen LogP contribution is -2.30. The van der Waals surface area contributed by atoms with Crippen molar-refractivity contribution in [3.63, 3.8) is 0 Å². The zero-order chi connectivity index (χ0) is 15.1. The smallest absolute Gasteiger partial charge is 0.186 e. The number of Topliss-reactive ketones (excluding diaryl/α,β-unsaturated/α-hetero) is 1. The van der Waals surface area contributed by atoms with Crippen molar-refractivity contribution in [1.82, 2.24) is 9.88 Å². The highest BCUT2D eigenvalue weighted by Crippen LogP contribution is 2.22. The molecule has 0 saturated heterocycles. The number of nitrogens with zero attached hydrogens (tertiary/aromatic N) is 3. The molecule has 2 aromatic heterocycles. The molecule has 0 fully saturated rings. The maximum Gasteiger partial charge on any atom is 0.186 e.